The maximum Gasteiger partial charge on any atom is 0.0455 e. The normalized spacial score (nSPS) is 18.0. The molecule has 0 bridgehead atoms. The molecular weight excluding hydrogens is 301 g/mol. The first-order chi connectivity index (χ1) is 10.2. The molecule has 0 saturated carbocycles. The van der Waals surface area contributed by atoms with Gasteiger partial charge in [-0.2, -0.15) is 0 Å². The average Bonchev–Trinajstić information content (AvgIpc) is 2.46. The van der Waals surface area contributed by atoms with Gasteiger partial charge in [0.05, 0.1) is 0 Å². The Morgan fingerprint density at radius 3 is 2.76 bits per heavy atom. The first kappa shape index (κ1) is 14.9. The monoisotopic (exact) mass is 319 g/mol. The van der Waals surface area contributed by atoms with E-state index in [0.29, 0.717) is 5.92 Å². The van der Waals surface area contributed by atoms with E-state index in [4.69, 9.17) is 23.2 Å². The summed E-state index contributed by atoms with van der Waals surface area (Å²) in [5.41, 5.74) is 3.99. The summed E-state index contributed by atoms with van der Waals surface area (Å²) in [6, 6.07) is 14.6. The lowest BCUT2D eigenvalue weighted by Gasteiger charge is -2.38. The van der Waals surface area contributed by atoms with Crippen LogP contribution in [0.2, 0.25) is 10.0 Å². The van der Waals surface area contributed by atoms with Crippen LogP contribution in [-0.4, -0.2) is 6.54 Å². The first-order valence-corrected chi connectivity index (χ1v) is 8.22. The van der Waals surface area contributed by atoms with Crippen LogP contribution in [0, 0.1) is 0 Å². The van der Waals surface area contributed by atoms with Crippen molar-refractivity contribution in [1.29, 1.82) is 0 Å². The summed E-state index contributed by atoms with van der Waals surface area (Å²) in [5, 5.41) is 5.18. The zero-order chi connectivity index (χ0) is 14.8. The fraction of sp³-hybridized carbons (Fsp3) is 0.333. The third kappa shape index (κ3) is 2.96. The predicted molar refractivity (Wildman–Crippen MR) is 90.4 cm³/mol. The largest absolute Gasteiger partial charge is 0.309 e. The van der Waals surface area contributed by atoms with E-state index in [1.54, 1.807) is 0 Å². The standard InChI is InChI=1S/C18H19Cl2N/c1-2-9-21-18(16-11-13(19)7-8-17(16)20)15-10-12-5-3-4-6-14(12)15/h3-8,11,15,18,21H,2,9-10H2,1H3. The Labute approximate surface area is 136 Å². The summed E-state index contributed by atoms with van der Waals surface area (Å²) in [5.74, 6) is 0.476. The summed E-state index contributed by atoms with van der Waals surface area (Å²) < 4.78 is 0. The maximum absolute atomic E-state index is 6.42. The quantitative estimate of drug-likeness (QED) is 0.780. The Balaban J connectivity index is 1.94. The summed E-state index contributed by atoms with van der Waals surface area (Å²) in [4.78, 5) is 0. The van der Waals surface area contributed by atoms with E-state index >= 15 is 0 Å². The Bertz CT molecular complexity index is 639. The molecule has 21 heavy (non-hydrogen) atoms. The average molecular weight is 320 g/mol. The lowest BCUT2D eigenvalue weighted by Crippen LogP contribution is -2.34. The van der Waals surface area contributed by atoms with E-state index in [1.807, 2.05) is 18.2 Å². The number of nitrogens with one attached hydrogen (secondary N) is 1. The molecule has 0 radical (unpaired) electrons. The van der Waals surface area contributed by atoms with E-state index < -0.39 is 0 Å². The topological polar surface area (TPSA) is 12.0 Å². The lowest BCUT2D eigenvalue weighted by molar-refractivity contribution is 0.412. The molecule has 0 heterocycles. The molecule has 3 heteroatoms. The minimum atomic E-state index is 0.228. The van der Waals surface area contributed by atoms with Crippen LogP contribution in [0.15, 0.2) is 42.5 Å². The third-order valence-corrected chi connectivity index (χ3v) is 4.78. The molecule has 2 aromatic rings. The van der Waals surface area contributed by atoms with Gasteiger partial charge in [0.2, 0.25) is 0 Å². The third-order valence-electron chi connectivity index (χ3n) is 4.20. The molecule has 1 N–H and O–H groups in total. The van der Waals surface area contributed by atoms with E-state index in [0.717, 1.165) is 35.0 Å². The van der Waals surface area contributed by atoms with Crippen molar-refractivity contribution < 1.29 is 0 Å². The molecule has 1 aliphatic carbocycles. The molecule has 1 nitrogen and oxygen atoms in total. The second-order valence-corrected chi connectivity index (χ2v) is 6.45. The highest BCUT2D eigenvalue weighted by molar-refractivity contribution is 6.33. The molecule has 2 atom stereocenters. The minimum absolute atomic E-state index is 0.228. The van der Waals surface area contributed by atoms with Crippen LogP contribution in [0.1, 0.15) is 42.0 Å². The van der Waals surface area contributed by atoms with Crippen LogP contribution in [0.3, 0.4) is 0 Å². The molecule has 0 amide bonds. The van der Waals surface area contributed by atoms with Crippen molar-refractivity contribution in [3.63, 3.8) is 0 Å². The Morgan fingerprint density at radius 1 is 1.19 bits per heavy atom. The van der Waals surface area contributed by atoms with Crippen molar-refractivity contribution in [2.45, 2.75) is 31.7 Å². The molecule has 0 aromatic heterocycles. The summed E-state index contributed by atoms with van der Waals surface area (Å²) >= 11 is 12.6. The number of hydrogen-bond acceptors (Lipinski definition) is 1. The lowest BCUT2D eigenvalue weighted by atomic mass is 9.71. The van der Waals surface area contributed by atoms with Gasteiger partial charge in [-0.25, -0.2) is 0 Å². The van der Waals surface area contributed by atoms with Crippen LogP contribution in [-0.2, 0) is 6.42 Å². The summed E-state index contributed by atoms with van der Waals surface area (Å²) in [6.07, 6.45) is 2.20. The molecule has 1 aliphatic rings. The van der Waals surface area contributed by atoms with Gasteiger partial charge in [0.1, 0.15) is 0 Å². The summed E-state index contributed by atoms with van der Waals surface area (Å²) in [6.45, 7) is 3.16. The number of rotatable bonds is 5. The maximum atomic E-state index is 6.42. The Morgan fingerprint density at radius 2 is 2.00 bits per heavy atom. The molecule has 0 aliphatic heterocycles. The van der Waals surface area contributed by atoms with Crippen LogP contribution in [0.25, 0.3) is 0 Å². The van der Waals surface area contributed by atoms with Gasteiger partial charge in [-0.15, -0.1) is 0 Å². The molecule has 2 aromatic carbocycles. The fourth-order valence-corrected chi connectivity index (χ4v) is 3.53. The van der Waals surface area contributed by atoms with Gasteiger partial charge in [-0.3, -0.25) is 0 Å². The highest BCUT2D eigenvalue weighted by Crippen LogP contribution is 2.45. The van der Waals surface area contributed by atoms with Crippen molar-refractivity contribution >= 4 is 23.2 Å². The molecular formula is C18H19Cl2N. The highest BCUT2D eigenvalue weighted by atomic mass is 35.5. The fourth-order valence-electron chi connectivity index (χ4n) is 3.12. The van der Waals surface area contributed by atoms with Crippen LogP contribution >= 0.6 is 23.2 Å². The number of halogens is 2. The van der Waals surface area contributed by atoms with Gasteiger partial charge in [-0.1, -0.05) is 54.4 Å². The van der Waals surface area contributed by atoms with Crippen LogP contribution < -0.4 is 5.32 Å². The van der Waals surface area contributed by atoms with Gasteiger partial charge in [0, 0.05) is 22.0 Å². The van der Waals surface area contributed by atoms with Crippen LogP contribution in [0.5, 0.6) is 0 Å². The zero-order valence-electron chi connectivity index (χ0n) is 12.1. The van der Waals surface area contributed by atoms with Crippen molar-refractivity contribution in [2.75, 3.05) is 6.54 Å². The minimum Gasteiger partial charge on any atom is -0.309 e. The smallest absolute Gasteiger partial charge is 0.0455 e. The van der Waals surface area contributed by atoms with Crippen LogP contribution in [0.4, 0.5) is 0 Å². The molecule has 110 valence electrons. The van der Waals surface area contributed by atoms with Gasteiger partial charge in [0.15, 0.2) is 0 Å². The molecule has 0 fully saturated rings. The second kappa shape index (κ2) is 6.39. The van der Waals surface area contributed by atoms with Crippen molar-refractivity contribution in [1.82, 2.24) is 5.32 Å². The summed E-state index contributed by atoms with van der Waals surface area (Å²) in [7, 11) is 0. The molecule has 0 saturated heterocycles. The predicted octanol–water partition coefficient (Wildman–Crippen LogP) is 5.37. The van der Waals surface area contributed by atoms with E-state index in [-0.39, 0.29) is 6.04 Å². The molecule has 3 rings (SSSR count). The van der Waals surface area contributed by atoms with Crippen molar-refractivity contribution in [3.8, 4) is 0 Å². The van der Waals surface area contributed by atoms with E-state index in [9.17, 15) is 0 Å². The molecule has 0 spiro atoms. The highest BCUT2D eigenvalue weighted by Gasteiger charge is 2.34. The number of benzene rings is 2. The first-order valence-electron chi connectivity index (χ1n) is 7.47. The zero-order valence-corrected chi connectivity index (χ0v) is 13.6. The van der Waals surface area contributed by atoms with Gasteiger partial charge in [-0.05, 0) is 54.3 Å². The van der Waals surface area contributed by atoms with Crippen molar-refractivity contribution in [2.24, 2.45) is 0 Å². The van der Waals surface area contributed by atoms with E-state index in [2.05, 4.69) is 36.5 Å². The molecule has 2 unspecified atom stereocenters. The Kier molecular flexibility index (Phi) is 4.54. The number of hydrogen-bond donors (Lipinski definition) is 1. The van der Waals surface area contributed by atoms with Crippen molar-refractivity contribution in [3.05, 3.63) is 69.2 Å². The van der Waals surface area contributed by atoms with E-state index in [1.165, 1.54) is 11.1 Å². The van der Waals surface area contributed by atoms with Gasteiger partial charge >= 0.3 is 0 Å². The van der Waals surface area contributed by atoms with Gasteiger partial charge < -0.3 is 5.32 Å². The second-order valence-electron chi connectivity index (χ2n) is 5.61. The SMILES string of the molecule is CCCNC(c1cc(Cl)ccc1Cl)C1Cc2ccccc21. The Hall–Kier alpha value is -1.02. The van der Waals surface area contributed by atoms with Gasteiger partial charge in [0.25, 0.3) is 0 Å². The number of fused-ring (bicyclic) bond motifs is 1.